The van der Waals surface area contributed by atoms with Gasteiger partial charge in [-0.3, -0.25) is 9.79 Å². The zero-order valence-electron chi connectivity index (χ0n) is 17.2. The first-order chi connectivity index (χ1) is 15.6. The van der Waals surface area contributed by atoms with Crippen LogP contribution in [-0.2, 0) is 6.42 Å². The Balaban J connectivity index is 1.53. The summed E-state index contributed by atoms with van der Waals surface area (Å²) in [5.41, 5.74) is 4.77. The van der Waals surface area contributed by atoms with Gasteiger partial charge in [0.2, 0.25) is 0 Å². The second kappa shape index (κ2) is 10.1. The van der Waals surface area contributed by atoms with E-state index in [2.05, 4.69) is 38.4 Å². The van der Waals surface area contributed by atoms with Crippen LogP contribution in [0.1, 0.15) is 27.0 Å². The van der Waals surface area contributed by atoms with E-state index in [1.165, 1.54) is 5.56 Å². The molecular formula is C27H21BrN2O2. The molecule has 4 aromatic rings. The molecule has 0 saturated carbocycles. The molecule has 0 unspecified atom stereocenters. The molecule has 0 heterocycles. The molecule has 0 atom stereocenters. The maximum absolute atomic E-state index is 12.4. The zero-order valence-corrected chi connectivity index (χ0v) is 18.8. The Kier molecular flexibility index (Phi) is 6.78. The van der Waals surface area contributed by atoms with Crippen LogP contribution in [0, 0.1) is 0 Å². The van der Waals surface area contributed by atoms with Gasteiger partial charge in [-0.2, -0.15) is 0 Å². The summed E-state index contributed by atoms with van der Waals surface area (Å²) in [4.78, 5) is 16.9. The van der Waals surface area contributed by atoms with E-state index >= 15 is 0 Å². The fourth-order valence-electron chi connectivity index (χ4n) is 3.31. The van der Waals surface area contributed by atoms with Crippen LogP contribution in [0.5, 0.6) is 5.75 Å². The highest BCUT2D eigenvalue weighted by Gasteiger charge is 2.08. The number of hydrogen-bond donors (Lipinski definition) is 2. The normalized spacial score (nSPS) is 10.9. The number of rotatable bonds is 6. The topological polar surface area (TPSA) is 61.7 Å². The van der Waals surface area contributed by atoms with Crippen LogP contribution >= 0.6 is 15.9 Å². The van der Waals surface area contributed by atoms with Crippen molar-refractivity contribution in [2.75, 3.05) is 5.32 Å². The third kappa shape index (κ3) is 5.50. The minimum absolute atomic E-state index is 0.138. The second-order valence-electron chi connectivity index (χ2n) is 7.31. The molecule has 0 aromatic heterocycles. The summed E-state index contributed by atoms with van der Waals surface area (Å²) in [6.45, 7) is 0. The summed E-state index contributed by atoms with van der Waals surface area (Å²) in [5.74, 6) is -0.0407. The molecule has 0 aliphatic carbocycles. The Morgan fingerprint density at radius 3 is 2.34 bits per heavy atom. The summed E-state index contributed by atoms with van der Waals surface area (Å²) in [6.07, 6.45) is 2.38. The Hall–Kier alpha value is -3.70. The van der Waals surface area contributed by atoms with Crippen molar-refractivity contribution in [3.05, 3.63) is 124 Å². The molecule has 0 aliphatic rings. The van der Waals surface area contributed by atoms with E-state index in [0.717, 1.165) is 12.0 Å². The molecule has 0 spiro atoms. The van der Waals surface area contributed by atoms with Crippen LogP contribution in [0.25, 0.3) is 0 Å². The first-order valence-corrected chi connectivity index (χ1v) is 10.9. The van der Waals surface area contributed by atoms with Gasteiger partial charge in [0.25, 0.3) is 5.91 Å². The van der Waals surface area contributed by atoms with Gasteiger partial charge in [-0.25, -0.2) is 0 Å². The molecule has 1 amide bonds. The molecule has 0 radical (unpaired) electrons. The highest BCUT2D eigenvalue weighted by Crippen LogP contribution is 2.30. The van der Waals surface area contributed by atoms with Crippen molar-refractivity contribution in [1.82, 2.24) is 0 Å². The number of phenols is 1. The zero-order chi connectivity index (χ0) is 22.3. The Morgan fingerprint density at radius 2 is 1.59 bits per heavy atom. The molecule has 5 heteroatoms. The lowest BCUT2D eigenvalue weighted by molar-refractivity contribution is 0.102. The molecule has 4 aromatic carbocycles. The minimum atomic E-state index is -0.179. The van der Waals surface area contributed by atoms with E-state index in [9.17, 15) is 9.90 Å². The van der Waals surface area contributed by atoms with Gasteiger partial charge < -0.3 is 10.4 Å². The van der Waals surface area contributed by atoms with Crippen LogP contribution in [0.15, 0.2) is 107 Å². The maximum Gasteiger partial charge on any atom is 0.255 e. The third-order valence-electron chi connectivity index (χ3n) is 4.90. The number of phenolic OH excluding ortho intramolecular Hbond substituents is 1. The summed E-state index contributed by atoms with van der Waals surface area (Å²) < 4.78 is 0.622. The maximum atomic E-state index is 12.4. The number of carbonyl (C=O) groups excluding carboxylic acids is 1. The largest absolute Gasteiger partial charge is 0.506 e. The molecule has 158 valence electrons. The molecule has 0 aliphatic heterocycles. The highest BCUT2D eigenvalue weighted by molar-refractivity contribution is 9.10. The molecule has 4 nitrogen and oxygen atoms in total. The molecule has 2 N–H and O–H groups in total. The summed E-state index contributed by atoms with van der Waals surface area (Å²) in [5, 5.41) is 13.4. The van der Waals surface area contributed by atoms with Crippen molar-refractivity contribution in [2.24, 2.45) is 4.99 Å². The number of anilines is 1. The fraction of sp³-hybridized carbons (Fsp3) is 0.0370. The van der Waals surface area contributed by atoms with Crippen molar-refractivity contribution in [1.29, 1.82) is 0 Å². The van der Waals surface area contributed by atoms with Crippen LogP contribution in [0.3, 0.4) is 0 Å². The van der Waals surface area contributed by atoms with Crippen LogP contribution in [0.2, 0.25) is 0 Å². The molecule has 0 saturated heterocycles. The standard InChI is InChI=1S/C27H21BrN2O2/c28-25-16-20(14-19-8-3-1-4-9-19)15-22(26(25)31)18-29-23-12-7-13-24(17-23)30-27(32)21-10-5-2-6-11-21/h1-13,15-18,31H,14H2,(H,30,32). The van der Waals surface area contributed by atoms with Crippen LogP contribution in [0.4, 0.5) is 11.4 Å². The smallest absolute Gasteiger partial charge is 0.255 e. The first-order valence-electron chi connectivity index (χ1n) is 10.1. The molecule has 4 rings (SSSR count). The summed E-state index contributed by atoms with van der Waals surface area (Å²) in [7, 11) is 0. The number of aromatic hydroxyl groups is 1. The van der Waals surface area contributed by atoms with E-state index in [1.807, 2.05) is 66.7 Å². The molecule has 0 bridgehead atoms. The molecule has 32 heavy (non-hydrogen) atoms. The average Bonchev–Trinajstić information content (AvgIpc) is 2.82. The highest BCUT2D eigenvalue weighted by atomic mass is 79.9. The van der Waals surface area contributed by atoms with Gasteiger partial charge >= 0.3 is 0 Å². The number of nitrogens with one attached hydrogen (secondary N) is 1. The molecular weight excluding hydrogens is 464 g/mol. The predicted octanol–water partition coefficient (Wildman–Crippen LogP) is 6.75. The van der Waals surface area contributed by atoms with Crippen LogP contribution < -0.4 is 5.32 Å². The van der Waals surface area contributed by atoms with Gasteiger partial charge in [0.1, 0.15) is 5.75 Å². The Morgan fingerprint density at radius 1 is 0.875 bits per heavy atom. The lowest BCUT2D eigenvalue weighted by Gasteiger charge is -2.08. The Bertz CT molecular complexity index is 1260. The quantitative estimate of drug-likeness (QED) is 0.297. The van der Waals surface area contributed by atoms with Gasteiger partial charge in [-0.15, -0.1) is 0 Å². The van der Waals surface area contributed by atoms with Crippen molar-refractivity contribution < 1.29 is 9.90 Å². The number of aliphatic imine (C=N–C) groups is 1. The predicted molar refractivity (Wildman–Crippen MR) is 133 cm³/mol. The van der Waals surface area contributed by atoms with E-state index in [1.54, 1.807) is 24.4 Å². The number of amides is 1. The van der Waals surface area contributed by atoms with Crippen molar-refractivity contribution >= 4 is 39.4 Å². The number of nitrogens with zero attached hydrogens (tertiary/aromatic N) is 1. The molecule has 0 fully saturated rings. The Labute approximate surface area is 195 Å². The van der Waals surface area contributed by atoms with Gasteiger partial charge in [0.15, 0.2) is 0 Å². The van der Waals surface area contributed by atoms with Gasteiger partial charge in [0, 0.05) is 23.0 Å². The van der Waals surface area contributed by atoms with Gasteiger partial charge in [0.05, 0.1) is 10.2 Å². The number of benzene rings is 4. The third-order valence-corrected chi connectivity index (χ3v) is 5.50. The lowest BCUT2D eigenvalue weighted by atomic mass is 10.0. The SMILES string of the molecule is O=C(Nc1cccc(N=Cc2cc(Cc3ccccc3)cc(Br)c2O)c1)c1ccccc1. The first kappa shape index (κ1) is 21.5. The van der Waals surface area contributed by atoms with E-state index < -0.39 is 0 Å². The van der Waals surface area contributed by atoms with Crippen molar-refractivity contribution in [3.63, 3.8) is 0 Å². The number of carbonyl (C=O) groups is 1. The summed E-state index contributed by atoms with van der Waals surface area (Å²) in [6, 6.07) is 30.3. The lowest BCUT2D eigenvalue weighted by Crippen LogP contribution is -2.11. The van der Waals surface area contributed by atoms with Gasteiger partial charge in [-0.05, 0) is 75.9 Å². The minimum Gasteiger partial charge on any atom is -0.506 e. The van der Waals surface area contributed by atoms with Gasteiger partial charge in [-0.1, -0.05) is 54.6 Å². The monoisotopic (exact) mass is 484 g/mol. The second-order valence-corrected chi connectivity index (χ2v) is 8.16. The van der Waals surface area contributed by atoms with Crippen LogP contribution in [-0.4, -0.2) is 17.2 Å². The average molecular weight is 485 g/mol. The van der Waals surface area contributed by atoms with E-state index in [4.69, 9.17) is 0 Å². The van der Waals surface area contributed by atoms with Crippen molar-refractivity contribution in [3.8, 4) is 5.75 Å². The number of hydrogen-bond acceptors (Lipinski definition) is 3. The summed E-state index contributed by atoms with van der Waals surface area (Å²) >= 11 is 3.44. The van der Waals surface area contributed by atoms with E-state index in [-0.39, 0.29) is 11.7 Å². The van der Waals surface area contributed by atoms with Crippen molar-refractivity contribution in [2.45, 2.75) is 6.42 Å². The fourth-order valence-corrected chi connectivity index (χ4v) is 3.83. The number of halogens is 1. The van der Waals surface area contributed by atoms with E-state index in [0.29, 0.717) is 27.0 Å².